The number of hydrogen-bond acceptors (Lipinski definition) is 8. The normalized spacial score (nSPS) is 12.5. The lowest BCUT2D eigenvalue weighted by Gasteiger charge is -2.26. The number of rotatable bonds is 10. The van der Waals surface area contributed by atoms with Crippen molar-refractivity contribution in [3.8, 4) is 11.3 Å². The number of carbonyl (C=O) groups excluding carboxylic acids is 3. The molecule has 0 bridgehead atoms. The van der Waals surface area contributed by atoms with Gasteiger partial charge in [0, 0.05) is 17.7 Å². The zero-order valence-corrected chi connectivity index (χ0v) is 24.0. The summed E-state index contributed by atoms with van der Waals surface area (Å²) < 4.78 is 10.7. The van der Waals surface area contributed by atoms with E-state index in [1.165, 1.54) is 23.5 Å². The fourth-order valence-electron chi connectivity index (χ4n) is 3.38. The number of ether oxygens (including phenoxy) is 2. The Bertz CT molecular complexity index is 1090. The Labute approximate surface area is 224 Å². The lowest BCUT2D eigenvalue weighted by atomic mass is 10.0. The van der Waals surface area contributed by atoms with Crippen LogP contribution in [0.25, 0.3) is 11.3 Å². The van der Waals surface area contributed by atoms with Crippen LogP contribution in [0.15, 0.2) is 30.6 Å². The van der Waals surface area contributed by atoms with Crippen molar-refractivity contribution < 1.29 is 23.9 Å². The monoisotopic (exact) mass is 529 g/mol. The highest BCUT2D eigenvalue weighted by Crippen LogP contribution is 2.22. The van der Waals surface area contributed by atoms with Crippen molar-refractivity contribution in [2.45, 2.75) is 85.5 Å². The fourth-order valence-corrected chi connectivity index (χ4v) is 4.32. The summed E-state index contributed by atoms with van der Waals surface area (Å²) in [5, 5.41) is 2.61. The third-order valence-corrected chi connectivity index (χ3v) is 6.02. The van der Waals surface area contributed by atoms with Crippen LogP contribution in [0.5, 0.6) is 0 Å². The van der Waals surface area contributed by atoms with E-state index in [1.54, 1.807) is 47.7 Å². The molecule has 0 unspecified atom stereocenters. The summed E-state index contributed by atoms with van der Waals surface area (Å²) in [4.78, 5) is 46.2. The topological polar surface area (TPSA) is 107 Å². The standard InChI is InChI=1S/C28H39N3O5S/c1-18-9-10-20(19(2)15-18)22-16-30-23(17-29-22)24(32)12-14-37-13-11-21(25(33)35-27(3,4)5)31-26(34)36-28(6,7)8/h9-10,15-17,21H,11-14H2,1-8H3,(H,31,34)/t21-/m0/s1. The predicted octanol–water partition coefficient (Wildman–Crippen LogP) is 5.69. The molecule has 1 N–H and O–H groups in total. The maximum absolute atomic E-state index is 12.6. The van der Waals surface area contributed by atoms with E-state index < -0.39 is 29.3 Å². The van der Waals surface area contributed by atoms with Crippen LogP contribution in [0.2, 0.25) is 0 Å². The number of nitrogens with one attached hydrogen (secondary N) is 1. The van der Waals surface area contributed by atoms with Crippen LogP contribution in [0.3, 0.4) is 0 Å². The molecule has 37 heavy (non-hydrogen) atoms. The molecule has 202 valence electrons. The minimum absolute atomic E-state index is 0.0947. The number of esters is 1. The van der Waals surface area contributed by atoms with Crippen LogP contribution in [0, 0.1) is 13.8 Å². The van der Waals surface area contributed by atoms with E-state index in [-0.39, 0.29) is 5.78 Å². The number of carbonyl (C=O) groups is 3. The molecule has 1 atom stereocenters. The van der Waals surface area contributed by atoms with Crippen LogP contribution in [-0.4, -0.2) is 56.6 Å². The van der Waals surface area contributed by atoms with Gasteiger partial charge in [0.15, 0.2) is 5.78 Å². The Morgan fingerprint density at radius 2 is 1.62 bits per heavy atom. The van der Waals surface area contributed by atoms with E-state index in [0.29, 0.717) is 30.0 Å². The van der Waals surface area contributed by atoms with Crippen LogP contribution < -0.4 is 5.32 Å². The molecule has 2 rings (SSSR count). The summed E-state index contributed by atoms with van der Waals surface area (Å²) >= 11 is 1.51. The van der Waals surface area contributed by atoms with Gasteiger partial charge < -0.3 is 14.8 Å². The largest absolute Gasteiger partial charge is 0.458 e. The van der Waals surface area contributed by atoms with Crippen LogP contribution in [-0.2, 0) is 14.3 Å². The molecule has 1 heterocycles. The number of Topliss-reactive ketones (excluding diaryl/α,β-unsaturated/α-hetero) is 1. The first-order chi connectivity index (χ1) is 17.1. The number of aromatic nitrogens is 2. The van der Waals surface area contributed by atoms with Crippen LogP contribution in [0.4, 0.5) is 4.79 Å². The molecule has 0 fully saturated rings. The number of ketones is 1. The van der Waals surface area contributed by atoms with Crippen molar-refractivity contribution in [3.05, 3.63) is 47.4 Å². The number of benzene rings is 1. The van der Waals surface area contributed by atoms with Crippen molar-refractivity contribution in [1.82, 2.24) is 15.3 Å². The third kappa shape index (κ3) is 10.9. The Balaban J connectivity index is 1.87. The molecule has 0 aliphatic rings. The summed E-state index contributed by atoms with van der Waals surface area (Å²) in [6.07, 6.45) is 3.11. The van der Waals surface area contributed by atoms with E-state index in [0.717, 1.165) is 16.8 Å². The van der Waals surface area contributed by atoms with E-state index >= 15 is 0 Å². The molecule has 1 aromatic carbocycles. The van der Waals surface area contributed by atoms with E-state index in [4.69, 9.17) is 9.47 Å². The highest BCUT2D eigenvalue weighted by atomic mass is 32.2. The van der Waals surface area contributed by atoms with E-state index in [9.17, 15) is 14.4 Å². The third-order valence-electron chi connectivity index (χ3n) is 5.00. The number of aryl methyl sites for hydroxylation is 2. The molecule has 9 heteroatoms. The van der Waals surface area contributed by atoms with Crippen LogP contribution in [0.1, 0.15) is 76.0 Å². The zero-order chi connectivity index (χ0) is 27.8. The lowest BCUT2D eigenvalue weighted by molar-refractivity contribution is -0.157. The van der Waals surface area contributed by atoms with Gasteiger partial charge >= 0.3 is 12.1 Å². The molecule has 2 aromatic rings. The average Bonchev–Trinajstić information content (AvgIpc) is 2.75. The van der Waals surface area contributed by atoms with Gasteiger partial charge in [-0.15, -0.1) is 0 Å². The SMILES string of the molecule is Cc1ccc(-c2cnc(C(=O)CCSCC[C@H](NC(=O)OC(C)(C)C)C(=O)OC(C)(C)C)cn2)c(C)c1. The summed E-state index contributed by atoms with van der Waals surface area (Å²) in [6.45, 7) is 14.6. The van der Waals surface area contributed by atoms with Crippen LogP contribution >= 0.6 is 11.8 Å². The van der Waals surface area contributed by atoms with Gasteiger partial charge in [0.2, 0.25) is 0 Å². The van der Waals surface area contributed by atoms with Gasteiger partial charge in [-0.25, -0.2) is 14.6 Å². The molecule has 0 saturated heterocycles. The van der Waals surface area contributed by atoms with Gasteiger partial charge in [-0.2, -0.15) is 11.8 Å². The summed E-state index contributed by atoms with van der Waals surface area (Å²) in [5.41, 5.74) is 2.97. The minimum Gasteiger partial charge on any atom is -0.458 e. The summed E-state index contributed by atoms with van der Waals surface area (Å²) in [5.74, 6) is 0.480. The lowest BCUT2D eigenvalue weighted by Crippen LogP contribution is -2.46. The molecule has 0 spiro atoms. The quantitative estimate of drug-likeness (QED) is 0.238. The van der Waals surface area contributed by atoms with E-state index in [1.807, 2.05) is 26.0 Å². The molecular weight excluding hydrogens is 490 g/mol. The summed E-state index contributed by atoms with van der Waals surface area (Å²) in [6, 6.07) is 5.27. The zero-order valence-electron chi connectivity index (χ0n) is 23.1. The second-order valence-electron chi connectivity index (χ2n) is 10.9. The van der Waals surface area contributed by atoms with Gasteiger partial charge in [-0.05, 0) is 73.1 Å². The molecule has 8 nitrogen and oxygen atoms in total. The molecular formula is C28H39N3O5S. The first-order valence-electron chi connectivity index (χ1n) is 12.4. The number of thioether (sulfide) groups is 1. The molecule has 0 aliphatic carbocycles. The molecule has 0 radical (unpaired) electrons. The van der Waals surface area contributed by atoms with Gasteiger partial charge in [-0.3, -0.25) is 9.78 Å². The van der Waals surface area contributed by atoms with Crippen molar-refractivity contribution in [3.63, 3.8) is 0 Å². The van der Waals surface area contributed by atoms with Crippen molar-refractivity contribution in [1.29, 1.82) is 0 Å². The molecule has 0 saturated carbocycles. The van der Waals surface area contributed by atoms with Gasteiger partial charge in [0.1, 0.15) is 22.9 Å². The maximum atomic E-state index is 12.6. The smallest absolute Gasteiger partial charge is 0.408 e. The Hall–Kier alpha value is -2.94. The molecule has 0 aliphatic heterocycles. The number of amides is 1. The average molecular weight is 530 g/mol. The van der Waals surface area contributed by atoms with Crippen molar-refractivity contribution in [2.75, 3.05) is 11.5 Å². The van der Waals surface area contributed by atoms with Crippen molar-refractivity contribution in [2.24, 2.45) is 0 Å². The highest BCUT2D eigenvalue weighted by molar-refractivity contribution is 7.99. The Morgan fingerprint density at radius 3 is 2.19 bits per heavy atom. The Kier molecular flexibility index (Phi) is 10.7. The van der Waals surface area contributed by atoms with Gasteiger partial charge in [0.25, 0.3) is 0 Å². The number of alkyl carbamates (subject to hydrolysis) is 1. The number of hydrogen-bond donors (Lipinski definition) is 1. The maximum Gasteiger partial charge on any atom is 0.408 e. The summed E-state index contributed by atoms with van der Waals surface area (Å²) in [7, 11) is 0. The predicted molar refractivity (Wildman–Crippen MR) is 147 cm³/mol. The molecule has 1 amide bonds. The first-order valence-corrected chi connectivity index (χ1v) is 13.5. The van der Waals surface area contributed by atoms with E-state index in [2.05, 4.69) is 21.4 Å². The van der Waals surface area contributed by atoms with Crippen molar-refractivity contribution >= 4 is 29.6 Å². The number of nitrogens with zero attached hydrogens (tertiary/aromatic N) is 2. The van der Waals surface area contributed by atoms with Gasteiger partial charge in [-0.1, -0.05) is 23.8 Å². The fraction of sp³-hybridized carbons (Fsp3) is 0.536. The second-order valence-corrected chi connectivity index (χ2v) is 12.1. The molecule has 1 aromatic heterocycles. The van der Waals surface area contributed by atoms with Gasteiger partial charge in [0.05, 0.1) is 18.1 Å². The second kappa shape index (κ2) is 13.0. The highest BCUT2D eigenvalue weighted by Gasteiger charge is 2.28. The Morgan fingerprint density at radius 1 is 0.946 bits per heavy atom. The first kappa shape index (κ1) is 30.3. The minimum atomic E-state index is -0.846.